The summed E-state index contributed by atoms with van der Waals surface area (Å²) in [5, 5.41) is 2.00. The molecule has 0 saturated heterocycles. The first-order chi connectivity index (χ1) is 41.2. The van der Waals surface area contributed by atoms with Gasteiger partial charge in [0.2, 0.25) is 0 Å². The minimum atomic E-state index is -2.35. The second-order valence-corrected chi connectivity index (χ2v) is 37.3. The van der Waals surface area contributed by atoms with Crippen molar-refractivity contribution in [3.05, 3.63) is 157 Å². The van der Waals surface area contributed by atoms with Crippen LogP contribution < -0.4 is 13.6 Å². The minimum Gasteiger partial charge on any atom is -0.407 e. The number of carbonyl (C=O) groups is 1. The molecule has 1 aromatic heterocycles. The Kier molecular flexibility index (Phi) is 20.1. The highest BCUT2D eigenvalue weighted by Crippen LogP contribution is 2.59. The van der Waals surface area contributed by atoms with E-state index in [1.807, 2.05) is 6.07 Å². The Morgan fingerprint density at radius 3 is 1.37 bits per heavy atom. The lowest BCUT2D eigenvalue weighted by atomic mass is 9.78. The predicted molar refractivity (Wildman–Crippen MR) is 388 cm³/mol. The number of hydrogen-bond acceptors (Lipinski definition) is 8. The van der Waals surface area contributed by atoms with E-state index in [0.717, 1.165) is 98.5 Å². The molecule has 0 amide bonds. The summed E-state index contributed by atoms with van der Waals surface area (Å²) in [7, 11) is -6.05. The van der Waals surface area contributed by atoms with Gasteiger partial charge in [-0.3, -0.25) is 0 Å². The third-order valence-electron chi connectivity index (χ3n) is 16.7. The molecule has 0 spiro atoms. The maximum absolute atomic E-state index is 14.6. The summed E-state index contributed by atoms with van der Waals surface area (Å²) in [6.07, 6.45) is 10.4. The van der Waals surface area contributed by atoms with Crippen LogP contribution in [0.4, 0.5) is 0 Å². The molecule has 1 aliphatic heterocycles. The van der Waals surface area contributed by atoms with Crippen LogP contribution in [0.15, 0.2) is 103 Å². The molecule has 2 unspecified atom stereocenters. The monoisotopic (exact) mass is 1280 g/mol. The zero-order valence-electron chi connectivity index (χ0n) is 59.0. The van der Waals surface area contributed by atoms with Gasteiger partial charge in [-0.05, 0) is 221 Å². The van der Waals surface area contributed by atoms with E-state index < -0.39 is 43.7 Å². The van der Waals surface area contributed by atoms with Crippen molar-refractivity contribution in [2.75, 3.05) is 25.0 Å². The quantitative estimate of drug-likeness (QED) is 0.0936. The van der Waals surface area contributed by atoms with Crippen LogP contribution in [-0.2, 0) is 26.2 Å². The van der Waals surface area contributed by atoms with Crippen LogP contribution in [0, 0.1) is 41.5 Å². The Labute approximate surface area is 543 Å². The summed E-state index contributed by atoms with van der Waals surface area (Å²) in [6, 6.07) is 31.6. The summed E-state index contributed by atoms with van der Waals surface area (Å²) in [4.78, 5) is 16.8. The number of benzene rings is 7. The molecule has 9 rings (SSSR count). The second-order valence-electron chi connectivity index (χ2n) is 30.4. The van der Waals surface area contributed by atoms with Gasteiger partial charge in [-0.2, -0.15) is 0 Å². The number of rotatable bonds is 11. The fourth-order valence-electron chi connectivity index (χ4n) is 12.1. The van der Waals surface area contributed by atoms with Crippen LogP contribution in [0.2, 0.25) is 0 Å². The average molecular weight is 1280 g/mol. The molecule has 0 N–H and O–H groups in total. The molecule has 478 valence electrons. The van der Waals surface area contributed by atoms with E-state index in [1.165, 1.54) is 39.8 Å². The average Bonchev–Trinajstić information content (AvgIpc) is 1.70. The van der Waals surface area contributed by atoms with E-state index in [-0.39, 0.29) is 22.7 Å². The number of fused-ring (bicyclic) bond motifs is 4. The van der Waals surface area contributed by atoms with Crippen molar-refractivity contribution in [3.63, 3.8) is 0 Å². The Hall–Kier alpha value is -5.56. The van der Waals surface area contributed by atoms with E-state index in [1.54, 1.807) is 11.8 Å². The van der Waals surface area contributed by atoms with Crippen LogP contribution in [0.5, 0.6) is 17.2 Å². The van der Waals surface area contributed by atoms with Gasteiger partial charge >= 0.3 is 22.8 Å². The van der Waals surface area contributed by atoms with Crippen molar-refractivity contribution in [2.45, 2.75) is 216 Å². The summed E-state index contributed by atoms with van der Waals surface area (Å²) >= 11 is 1.68. The van der Waals surface area contributed by atoms with Crippen molar-refractivity contribution < 1.29 is 31.3 Å². The van der Waals surface area contributed by atoms with Gasteiger partial charge < -0.3 is 26.5 Å². The van der Waals surface area contributed by atoms with Crippen molar-refractivity contribution in [1.82, 2.24) is 0 Å². The Morgan fingerprint density at radius 2 is 0.955 bits per heavy atom. The lowest BCUT2D eigenvalue weighted by Crippen LogP contribution is -2.19. The summed E-state index contributed by atoms with van der Waals surface area (Å²) in [5.74, 6) is 1.43. The van der Waals surface area contributed by atoms with E-state index in [2.05, 4.69) is 270 Å². The molecule has 1 aliphatic rings. The molecule has 89 heavy (non-hydrogen) atoms. The fourth-order valence-corrected chi connectivity index (χ4v) is 16.2. The minimum absolute atomic E-state index is 0.0568. The zero-order chi connectivity index (χ0) is 66.1. The van der Waals surface area contributed by atoms with Crippen molar-refractivity contribution >= 4 is 66.5 Å². The van der Waals surface area contributed by atoms with Gasteiger partial charge in [-0.15, -0.1) is 11.8 Å². The van der Waals surface area contributed by atoms with Crippen LogP contribution in [0.1, 0.15) is 220 Å². The van der Waals surface area contributed by atoms with Crippen LogP contribution in [0.25, 0.3) is 55.3 Å². The number of thioether (sulfide) groups is 1. The van der Waals surface area contributed by atoms with E-state index in [9.17, 15) is 4.79 Å². The third kappa shape index (κ3) is 14.7. The van der Waals surface area contributed by atoms with Crippen molar-refractivity contribution in [1.29, 1.82) is 0 Å². The van der Waals surface area contributed by atoms with Crippen molar-refractivity contribution in [2.24, 2.45) is 0 Å². The lowest BCUT2D eigenvalue weighted by molar-refractivity contribution is 0.0696. The molecule has 7 aromatic carbocycles. The lowest BCUT2D eigenvalue weighted by Gasteiger charge is -2.31. The third-order valence-corrected chi connectivity index (χ3v) is 21.0. The summed E-state index contributed by atoms with van der Waals surface area (Å²) < 4.78 is 43.8. The molecular formula is C78H102O7P2S2. The van der Waals surface area contributed by atoms with Gasteiger partial charge in [0.25, 0.3) is 0 Å². The molecule has 7 nitrogen and oxygen atoms in total. The normalized spacial score (nSPS) is 14.4. The highest BCUT2D eigenvalue weighted by atomic mass is 32.3. The van der Waals surface area contributed by atoms with Gasteiger partial charge in [0.05, 0.1) is 4.90 Å². The Bertz CT molecular complexity index is 4030. The van der Waals surface area contributed by atoms with Gasteiger partial charge in [-0.1, -0.05) is 173 Å². The first kappa shape index (κ1) is 69.3. The van der Waals surface area contributed by atoms with E-state index >= 15 is 0 Å². The second kappa shape index (κ2) is 25.8. The first-order valence-electron chi connectivity index (χ1n) is 31.7. The zero-order valence-corrected chi connectivity index (χ0v) is 62.4. The Morgan fingerprint density at radius 1 is 0.517 bits per heavy atom. The molecule has 0 saturated carbocycles. The number of aryl methyl sites for hydroxylation is 6. The van der Waals surface area contributed by atoms with Gasteiger partial charge in [-0.25, -0.2) is 14.8 Å². The predicted octanol–water partition coefficient (Wildman–Crippen LogP) is 25.5. The highest BCUT2D eigenvalue weighted by Gasteiger charge is 2.39. The van der Waals surface area contributed by atoms with Crippen LogP contribution in [-0.4, -0.2) is 31.0 Å². The molecular weight excluding hydrogens is 1170 g/mol. The molecule has 11 heteroatoms. The van der Waals surface area contributed by atoms with Gasteiger partial charge in [0.1, 0.15) is 22.8 Å². The highest BCUT2D eigenvalue weighted by molar-refractivity contribution is 8.32. The van der Waals surface area contributed by atoms with Gasteiger partial charge in [0, 0.05) is 37.9 Å². The fraction of sp³-hybridized carbons (Fsp3) is 0.449. The van der Waals surface area contributed by atoms with Gasteiger partial charge in [0.15, 0.2) is 11.2 Å². The molecule has 0 fully saturated rings. The van der Waals surface area contributed by atoms with Crippen LogP contribution >= 0.6 is 38.6 Å². The first-order valence-corrected chi connectivity index (χ1v) is 38.0. The standard InChI is InChI=1S/C75H94O7P2S2.C3H8/c1-41(2)49-31-54(42(3)4)66-59(32-49)71(76)82-84(77-66)79-68-56(34-51(36-61(68)75(20,21)22)65-47(9)29-44(6)30-48(65)10)55-33-50(64-45(7)27-43(5)28-46(64)8)35-60(74(17,18)19)67(55)78-83-80-69-57(37-52(72(11,12)13)39-62(69)85-23)58-38-53(73(14,15)16)40-63(70(58)81-83)86(24,25)26;1-3-2/h27-42H,1-26H3;3H2,1-2H3. The largest absolute Gasteiger partial charge is 0.532 e. The molecule has 2 heterocycles. The number of carbonyl (C=O) groups excluding carboxylic acids is 1. The molecule has 0 radical (unpaired) electrons. The topological polar surface area (TPSA) is 80.3 Å². The summed E-state index contributed by atoms with van der Waals surface area (Å²) in [5.41, 5.74) is 19.8. The van der Waals surface area contributed by atoms with E-state index in [0.29, 0.717) is 22.8 Å². The molecule has 2 atom stereocenters. The maximum Gasteiger partial charge on any atom is 0.532 e. The molecule has 0 bridgehead atoms. The Balaban J connectivity index is 0.00000334. The summed E-state index contributed by atoms with van der Waals surface area (Å²) in [6.45, 7) is 53.0. The molecule has 0 aliphatic carbocycles. The van der Waals surface area contributed by atoms with Crippen LogP contribution in [0.3, 0.4) is 0 Å². The number of hydrogen-bond donors (Lipinski definition) is 0. The SMILES string of the molecule is CCC.CSc1cc(C(C)(C)C)cc2c1op(Oc1c(-c3cc(-c4c(C)cc(C)cc4C)cc(C(C)(C)C)c3OP3OC(=O)c4cc(C(C)C)cc(C(C)C)c4O3)cc(-c3c(C)cc(C)cc3C)cc1C(C)(C)C)oc1c(S(C)(C)C)cc(C(C)(C)C)cc12. The van der Waals surface area contributed by atoms with Crippen molar-refractivity contribution in [3.8, 4) is 50.6 Å². The maximum atomic E-state index is 14.6. The smallest absolute Gasteiger partial charge is 0.407 e. The molecule has 8 aromatic rings. The van der Waals surface area contributed by atoms with E-state index in [4.69, 9.17) is 26.5 Å².